The molecular formula is C74H70Cl2N12O10. The fraction of sp³-hybridized carbons (Fsp3) is 0.162. The Hall–Kier alpha value is -11.9. The predicted molar refractivity (Wildman–Crippen MR) is 370 cm³/mol. The Labute approximate surface area is 576 Å². The number of ether oxygens (including phenoxy) is 2. The van der Waals surface area contributed by atoms with Crippen LogP contribution in [0.15, 0.2) is 191 Å². The number of amides is 2. The SMILES string of the molecule is CN(C)c1ccc2c(-c3cc(C(=O)NCc4ccc(COc5ccnc(N)n5)cc4)ccc3C(=O)O)c3ccc(=[N+](C)C)cc-3oc2c1.CN(C)c1ccc2c(-c3ccc(C(=O)NCc4ccc(COc5ccnc(N)n5)cc4)cc3C(=O)O)c3ccc(=[N+](C)C)cc-3oc2c1.[Cl-].[Cl-]. The van der Waals surface area contributed by atoms with Gasteiger partial charge in [0.05, 0.1) is 23.3 Å². The summed E-state index contributed by atoms with van der Waals surface area (Å²) in [5, 5.41) is 29.9. The molecule has 2 aliphatic carbocycles. The molecule has 0 atom stereocenters. The zero-order valence-corrected chi connectivity index (χ0v) is 56.3. The van der Waals surface area contributed by atoms with E-state index in [4.69, 9.17) is 29.8 Å². The van der Waals surface area contributed by atoms with Crippen molar-refractivity contribution in [3.63, 3.8) is 0 Å². The lowest BCUT2D eigenvalue weighted by Crippen LogP contribution is -3.00. The molecule has 2 aromatic heterocycles. The zero-order chi connectivity index (χ0) is 67.9. The summed E-state index contributed by atoms with van der Waals surface area (Å²) in [6, 6.07) is 51.3. The number of carbonyl (C=O) groups excluding carboxylic acids is 2. The Morgan fingerprint density at radius 1 is 0.469 bits per heavy atom. The molecular weight excluding hydrogens is 1290 g/mol. The number of nitrogens with one attached hydrogen (secondary N) is 2. The van der Waals surface area contributed by atoms with Crippen molar-refractivity contribution in [3.05, 3.63) is 237 Å². The maximum atomic E-state index is 13.5. The van der Waals surface area contributed by atoms with Crippen molar-refractivity contribution >= 4 is 69.0 Å². The van der Waals surface area contributed by atoms with Crippen molar-refractivity contribution in [1.29, 1.82) is 0 Å². The average Bonchev–Trinajstić information content (AvgIpc) is 0.754. The van der Waals surface area contributed by atoms with E-state index in [2.05, 4.69) is 30.6 Å². The third kappa shape index (κ3) is 16.1. The number of aromatic carboxylic acids is 2. The second kappa shape index (κ2) is 30.7. The molecule has 6 aromatic carbocycles. The van der Waals surface area contributed by atoms with Gasteiger partial charge in [0.15, 0.2) is 0 Å². The third-order valence-electron chi connectivity index (χ3n) is 16.0. The molecule has 4 aliphatic rings. The minimum atomic E-state index is -1.14. The first-order valence-corrected chi connectivity index (χ1v) is 30.4. The molecule has 24 heteroatoms. The molecule has 0 saturated heterocycles. The quantitative estimate of drug-likeness (QED) is 0.0526. The Bertz CT molecular complexity index is 5050. The lowest BCUT2D eigenvalue weighted by molar-refractivity contribution is -0.001000. The molecule has 4 heterocycles. The number of nitrogens with zero attached hydrogens (tertiary/aromatic N) is 8. The molecule has 0 saturated carbocycles. The van der Waals surface area contributed by atoms with Gasteiger partial charge < -0.3 is 85.2 Å². The molecule has 2 amide bonds. The topological polar surface area (TPSA) is 294 Å². The van der Waals surface area contributed by atoms with Crippen LogP contribution in [-0.4, -0.2) is 110 Å². The van der Waals surface area contributed by atoms with Gasteiger partial charge in [0.2, 0.25) is 34.4 Å². The highest BCUT2D eigenvalue weighted by Gasteiger charge is 2.26. The lowest BCUT2D eigenvalue weighted by Gasteiger charge is -2.19. The number of benzene rings is 8. The summed E-state index contributed by atoms with van der Waals surface area (Å²) in [6.07, 6.45) is 3.06. The number of nitrogens with two attached hydrogens (primary N) is 2. The van der Waals surface area contributed by atoms with Crippen molar-refractivity contribution < 1.29 is 72.5 Å². The minimum Gasteiger partial charge on any atom is -1.00 e. The Balaban J connectivity index is 0.000000225. The number of hydrogen-bond donors (Lipinski definition) is 6. The van der Waals surface area contributed by atoms with Gasteiger partial charge in [0.25, 0.3) is 11.8 Å². The predicted octanol–water partition coefficient (Wildman–Crippen LogP) is 3.77. The number of nitrogen functional groups attached to an aromatic ring is 2. The van der Waals surface area contributed by atoms with Crippen LogP contribution in [-0.2, 0) is 26.3 Å². The van der Waals surface area contributed by atoms with E-state index >= 15 is 0 Å². The zero-order valence-electron chi connectivity index (χ0n) is 54.8. The van der Waals surface area contributed by atoms with E-state index in [1.165, 1.54) is 30.6 Å². The molecule has 8 aromatic rings. The summed E-state index contributed by atoms with van der Waals surface area (Å²) in [5.41, 5.74) is 22.4. The van der Waals surface area contributed by atoms with Crippen LogP contribution >= 0.6 is 0 Å². The van der Waals surface area contributed by atoms with Crippen LogP contribution in [0.25, 0.3) is 66.8 Å². The van der Waals surface area contributed by atoms with Gasteiger partial charge >= 0.3 is 11.9 Å². The highest BCUT2D eigenvalue weighted by molar-refractivity contribution is 6.11. The van der Waals surface area contributed by atoms with Gasteiger partial charge in [-0.1, -0.05) is 54.6 Å². The fourth-order valence-electron chi connectivity index (χ4n) is 10.9. The number of aromatic nitrogens is 4. The van der Waals surface area contributed by atoms with Gasteiger partial charge in [-0.25, -0.2) is 28.7 Å². The Morgan fingerprint density at radius 3 is 1.30 bits per heavy atom. The molecule has 0 unspecified atom stereocenters. The first-order valence-electron chi connectivity index (χ1n) is 30.4. The number of rotatable bonds is 18. The van der Waals surface area contributed by atoms with Gasteiger partial charge in [-0.15, -0.1) is 0 Å². The van der Waals surface area contributed by atoms with E-state index < -0.39 is 11.9 Å². The molecule has 2 aliphatic heterocycles. The monoisotopic (exact) mass is 1360 g/mol. The van der Waals surface area contributed by atoms with Crippen molar-refractivity contribution in [3.8, 4) is 56.7 Å². The van der Waals surface area contributed by atoms with Crippen LogP contribution in [0.2, 0.25) is 0 Å². The van der Waals surface area contributed by atoms with Gasteiger partial charge in [-0.3, -0.25) is 9.59 Å². The maximum absolute atomic E-state index is 13.5. The van der Waals surface area contributed by atoms with Crippen molar-refractivity contribution in [2.24, 2.45) is 0 Å². The van der Waals surface area contributed by atoms with Crippen LogP contribution < -0.4 is 86.1 Å². The summed E-state index contributed by atoms with van der Waals surface area (Å²) in [7, 11) is 15.6. The lowest BCUT2D eigenvalue weighted by atomic mass is 9.89. The largest absolute Gasteiger partial charge is 1.00 e. The normalized spacial score (nSPS) is 10.8. The standard InChI is InChI=1S/2C37H34N6O5.2ClH/c1-42(2)25-10-13-28-31(18-25)48-32-19-26(43(3)4)11-14-29(32)34(28)30-17-24(9-12-27(30)36(45)46)35(44)40-20-22-5-7-23(8-6-22)21-47-33-15-16-39-37(38)41-33;1-42(2)25-10-13-28-31(18-25)48-32-19-26(43(3)4)11-14-29(32)34(28)27-12-9-24(17-30(27)36(45)46)35(44)40-20-22-5-7-23(8-6-22)21-47-33-15-16-39-37(38)41-33;;/h2*5-19H,20-21H2,1-4H3,(H3-,38,39,40,41,44,45,46);2*1H. The Kier molecular flexibility index (Phi) is 22.0. The molecule has 0 radical (unpaired) electrons. The van der Waals surface area contributed by atoms with E-state index in [1.54, 1.807) is 30.3 Å². The number of hydrogen-bond acceptors (Lipinski definition) is 16. The van der Waals surface area contributed by atoms with Gasteiger partial charge in [0.1, 0.15) is 64.1 Å². The van der Waals surface area contributed by atoms with Gasteiger partial charge in [-0.05, 0) is 100 Å². The number of fused-ring (bicyclic) bond motifs is 4. The summed E-state index contributed by atoms with van der Waals surface area (Å²) >= 11 is 0. The van der Waals surface area contributed by atoms with E-state index in [0.29, 0.717) is 69.9 Å². The average molecular weight is 1360 g/mol. The van der Waals surface area contributed by atoms with E-state index in [0.717, 1.165) is 71.8 Å². The summed E-state index contributed by atoms with van der Waals surface area (Å²) in [4.78, 5) is 71.7. The third-order valence-corrected chi connectivity index (χ3v) is 16.0. The first-order chi connectivity index (χ1) is 46.1. The maximum Gasteiger partial charge on any atom is 0.336 e. The molecule has 12 rings (SSSR count). The summed E-state index contributed by atoms with van der Waals surface area (Å²) in [6.45, 7) is 1.12. The second-order valence-electron chi connectivity index (χ2n) is 23.5. The number of anilines is 4. The van der Waals surface area contributed by atoms with Crippen molar-refractivity contribution in [1.82, 2.24) is 39.7 Å². The van der Waals surface area contributed by atoms with Gasteiger partial charge in [-0.2, -0.15) is 9.97 Å². The molecule has 98 heavy (non-hydrogen) atoms. The number of halogens is 2. The number of carbonyl (C=O) groups is 4. The molecule has 0 fully saturated rings. The highest BCUT2D eigenvalue weighted by atomic mass is 35.5. The smallest absolute Gasteiger partial charge is 0.336 e. The van der Waals surface area contributed by atoms with Crippen LogP contribution in [0, 0.1) is 0 Å². The molecule has 0 spiro atoms. The number of carboxylic acid groups (broad SMARTS) is 2. The van der Waals surface area contributed by atoms with Crippen LogP contribution in [0.3, 0.4) is 0 Å². The first kappa shape index (κ1) is 70.4. The van der Waals surface area contributed by atoms with Crippen LogP contribution in [0.1, 0.15) is 63.7 Å². The van der Waals surface area contributed by atoms with E-state index in [1.807, 2.05) is 197 Å². The molecule has 22 nitrogen and oxygen atoms in total. The molecule has 8 N–H and O–H groups in total. The highest BCUT2D eigenvalue weighted by Crippen LogP contribution is 2.44. The summed E-state index contributed by atoms with van der Waals surface area (Å²) in [5.74, 6) is -0.695. The Morgan fingerprint density at radius 2 is 0.878 bits per heavy atom. The van der Waals surface area contributed by atoms with E-state index in [9.17, 15) is 29.4 Å². The van der Waals surface area contributed by atoms with Crippen LogP contribution in [0.4, 0.5) is 23.3 Å². The van der Waals surface area contributed by atoms with E-state index in [-0.39, 0.29) is 78.3 Å². The molecule has 0 bridgehead atoms. The van der Waals surface area contributed by atoms with Crippen molar-refractivity contribution in [2.75, 3.05) is 77.6 Å². The van der Waals surface area contributed by atoms with Crippen LogP contribution in [0.5, 0.6) is 11.8 Å². The summed E-state index contributed by atoms with van der Waals surface area (Å²) < 4.78 is 28.1. The molecule has 500 valence electrons. The van der Waals surface area contributed by atoms with Crippen molar-refractivity contribution in [2.45, 2.75) is 26.3 Å². The fourth-order valence-corrected chi connectivity index (χ4v) is 10.9. The number of carboxylic acids is 2. The second-order valence-corrected chi connectivity index (χ2v) is 23.5. The van der Waals surface area contributed by atoms with Gasteiger partial charge in [0, 0.05) is 146 Å². The minimum absolute atomic E-state index is 0.